The average molecular weight is 305 g/mol. The molecule has 1 aliphatic heterocycles. The molecule has 21 heavy (non-hydrogen) atoms. The summed E-state index contributed by atoms with van der Waals surface area (Å²) in [5, 5.41) is 18.4. The predicted octanol–water partition coefficient (Wildman–Crippen LogP) is -0.0340. The lowest BCUT2D eigenvalue weighted by Gasteiger charge is -2.32. The van der Waals surface area contributed by atoms with Crippen LogP contribution in [-0.4, -0.2) is 86.5 Å². The lowest BCUT2D eigenvalue weighted by Crippen LogP contribution is -2.42. The van der Waals surface area contributed by atoms with Crippen LogP contribution < -0.4 is 0 Å². The number of aliphatic hydroxyl groups is 1. The van der Waals surface area contributed by atoms with E-state index in [1.54, 1.807) is 7.11 Å². The Balaban J connectivity index is 2.05. The van der Waals surface area contributed by atoms with Gasteiger partial charge in [0.1, 0.15) is 0 Å². The van der Waals surface area contributed by atoms with E-state index in [4.69, 9.17) is 19.3 Å². The van der Waals surface area contributed by atoms with Crippen molar-refractivity contribution in [1.29, 1.82) is 0 Å². The number of aliphatic hydroxyl groups excluding tert-OH is 1. The molecule has 1 saturated heterocycles. The van der Waals surface area contributed by atoms with E-state index in [9.17, 15) is 9.90 Å². The van der Waals surface area contributed by atoms with Crippen molar-refractivity contribution in [2.75, 3.05) is 53.2 Å². The Labute approximate surface area is 125 Å². The maximum Gasteiger partial charge on any atom is 0.305 e. The van der Waals surface area contributed by atoms with Gasteiger partial charge in [0.05, 0.1) is 45.1 Å². The molecule has 0 spiro atoms. The summed E-state index contributed by atoms with van der Waals surface area (Å²) in [5.74, 6) is -0.830. The molecule has 1 aliphatic rings. The minimum Gasteiger partial charge on any atom is -0.481 e. The zero-order valence-corrected chi connectivity index (χ0v) is 12.7. The van der Waals surface area contributed by atoms with E-state index in [0.717, 1.165) is 25.9 Å². The number of carboxylic acids is 1. The number of piperidine rings is 1. The second-order valence-electron chi connectivity index (χ2n) is 5.24. The van der Waals surface area contributed by atoms with E-state index in [-0.39, 0.29) is 19.1 Å². The quantitative estimate of drug-likeness (QED) is 0.518. The highest BCUT2D eigenvalue weighted by Crippen LogP contribution is 2.14. The molecular weight excluding hydrogens is 278 g/mol. The van der Waals surface area contributed by atoms with Crippen LogP contribution in [0.15, 0.2) is 0 Å². The van der Waals surface area contributed by atoms with Crippen LogP contribution in [0.3, 0.4) is 0 Å². The molecule has 0 saturated carbocycles. The van der Waals surface area contributed by atoms with Crippen LogP contribution in [0.2, 0.25) is 0 Å². The van der Waals surface area contributed by atoms with E-state index >= 15 is 0 Å². The van der Waals surface area contributed by atoms with Crippen LogP contribution >= 0.6 is 0 Å². The van der Waals surface area contributed by atoms with E-state index < -0.39 is 12.1 Å². The van der Waals surface area contributed by atoms with Crippen molar-refractivity contribution in [1.82, 2.24) is 4.90 Å². The third kappa shape index (κ3) is 9.00. The summed E-state index contributed by atoms with van der Waals surface area (Å²) < 4.78 is 15.7. The van der Waals surface area contributed by atoms with Crippen molar-refractivity contribution in [2.45, 2.75) is 31.5 Å². The summed E-state index contributed by atoms with van der Waals surface area (Å²) >= 11 is 0. The minimum atomic E-state index is -0.830. The Morgan fingerprint density at radius 2 is 2.00 bits per heavy atom. The Hall–Kier alpha value is -0.730. The van der Waals surface area contributed by atoms with Crippen LogP contribution in [0.5, 0.6) is 0 Å². The normalized spacial score (nSPS) is 18.8. The SMILES string of the molecule is COCCOCC(O)CN1CCC(OCCC(=O)O)CC1. The van der Waals surface area contributed by atoms with Gasteiger partial charge in [-0.15, -0.1) is 0 Å². The van der Waals surface area contributed by atoms with Crippen molar-refractivity contribution in [3.05, 3.63) is 0 Å². The van der Waals surface area contributed by atoms with Gasteiger partial charge in [-0.05, 0) is 12.8 Å². The van der Waals surface area contributed by atoms with Crippen molar-refractivity contribution in [3.63, 3.8) is 0 Å². The molecule has 7 nitrogen and oxygen atoms in total. The maximum atomic E-state index is 10.4. The molecule has 0 aliphatic carbocycles. The van der Waals surface area contributed by atoms with Gasteiger partial charge in [0.15, 0.2) is 0 Å². The van der Waals surface area contributed by atoms with Crippen LogP contribution in [0.1, 0.15) is 19.3 Å². The molecule has 1 rings (SSSR count). The van der Waals surface area contributed by atoms with Gasteiger partial charge in [-0.25, -0.2) is 0 Å². The van der Waals surface area contributed by atoms with Gasteiger partial charge in [0, 0.05) is 26.7 Å². The lowest BCUT2D eigenvalue weighted by molar-refractivity contribution is -0.138. The number of β-amino-alcohol motifs (C(OH)–C–C–N with tert-alkyl or cyclic N) is 1. The average Bonchev–Trinajstić information content (AvgIpc) is 2.45. The third-order valence-corrected chi connectivity index (χ3v) is 3.42. The monoisotopic (exact) mass is 305 g/mol. The summed E-state index contributed by atoms with van der Waals surface area (Å²) in [6.07, 6.45) is 1.44. The predicted molar refractivity (Wildman–Crippen MR) is 76.4 cm³/mol. The molecule has 1 unspecified atom stereocenters. The molecule has 7 heteroatoms. The van der Waals surface area contributed by atoms with Gasteiger partial charge >= 0.3 is 5.97 Å². The van der Waals surface area contributed by atoms with Crippen LogP contribution in [0.25, 0.3) is 0 Å². The van der Waals surface area contributed by atoms with Crippen molar-refractivity contribution in [2.24, 2.45) is 0 Å². The molecule has 2 N–H and O–H groups in total. The molecule has 1 heterocycles. The second-order valence-corrected chi connectivity index (χ2v) is 5.24. The molecule has 0 aromatic heterocycles. The largest absolute Gasteiger partial charge is 0.481 e. The van der Waals surface area contributed by atoms with Gasteiger partial charge < -0.3 is 29.3 Å². The smallest absolute Gasteiger partial charge is 0.305 e. The number of likely N-dealkylation sites (tertiary alicyclic amines) is 1. The van der Waals surface area contributed by atoms with E-state index in [1.165, 1.54) is 0 Å². The Kier molecular flexibility index (Phi) is 9.53. The first kappa shape index (κ1) is 18.3. The molecule has 0 aromatic rings. The number of hydrogen-bond acceptors (Lipinski definition) is 6. The molecule has 0 aromatic carbocycles. The Morgan fingerprint density at radius 3 is 2.62 bits per heavy atom. The summed E-state index contributed by atoms with van der Waals surface area (Å²) in [6, 6.07) is 0. The van der Waals surface area contributed by atoms with Gasteiger partial charge in [0.25, 0.3) is 0 Å². The van der Waals surface area contributed by atoms with E-state index in [0.29, 0.717) is 26.4 Å². The molecule has 0 radical (unpaired) electrons. The zero-order chi connectivity index (χ0) is 15.5. The number of nitrogens with zero attached hydrogens (tertiary/aromatic N) is 1. The fraction of sp³-hybridized carbons (Fsp3) is 0.929. The topological polar surface area (TPSA) is 88.5 Å². The molecule has 1 fully saturated rings. The Morgan fingerprint density at radius 1 is 1.29 bits per heavy atom. The summed E-state index contributed by atoms with van der Waals surface area (Å²) in [6.45, 7) is 3.92. The summed E-state index contributed by atoms with van der Waals surface area (Å²) in [7, 11) is 1.61. The minimum absolute atomic E-state index is 0.0533. The fourth-order valence-electron chi connectivity index (χ4n) is 2.28. The molecular formula is C14H27NO6. The van der Waals surface area contributed by atoms with Crippen molar-refractivity contribution >= 4 is 5.97 Å². The first-order valence-electron chi connectivity index (χ1n) is 7.42. The van der Waals surface area contributed by atoms with Crippen LogP contribution in [0.4, 0.5) is 0 Å². The zero-order valence-electron chi connectivity index (χ0n) is 12.7. The van der Waals surface area contributed by atoms with Crippen LogP contribution in [0, 0.1) is 0 Å². The standard InChI is InChI=1S/C14H27NO6/c1-19-8-9-20-11-12(16)10-15-5-2-13(3-6-15)21-7-4-14(17)18/h12-13,16H,2-11H2,1H3,(H,17,18). The number of methoxy groups -OCH3 is 1. The van der Waals surface area contributed by atoms with Crippen LogP contribution in [-0.2, 0) is 19.0 Å². The second kappa shape index (κ2) is 10.9. The van der Waals surface area contributed by atoms with Crippen molar-refractivity contribution in [3.8, 4) is 0 Å². The van der Waals surface area contributed by atoms with Gasteiger partial charge in [-0.1, -0.05) is 0 Å². The molecule has 124 valence electrons. The number of carboxylic acid groups (broad SMARTS) is 1. The maximum absolute atomic E-state index is 10.4. The van der Waals surface area contributed by atoms with Gasteiger partial charge in [-0.2, -0.15) is 0 Å². The van der Waals surface area contributed by atoms with E-state index in [2.05, 4.69) is 4.90 Å². The van der Waals surface area contributed by atoms with Gasteiger partial charge in [0.2, 0.25) is 0 Å². The summed E-state index contributed by atoms with van der Waals surface area (Å²) in [4.78, 5) is 12.6. The fourth-order valence-corrected chi connectivity index (χ4v) is 2.28. The number of hydrogen-bond donors (Lipinski definition) is 2. The first-order valence-corrected chi connectivity index (χ1v) is 7.42. The highest BCUT2D eigenvalue weighted by atomic mass is 16.5. The number of carbonyl (C=O) groups is 1. The summed E-state index contributed by atoms with van der Waals surface area (Å²) in [5.41, 5.74) is 0. The number of rotatable bonds is 11. The number of ether oxygens (including phenoxy) is 3. The highest BCUT2D eigenvalue weighted by Gasteiger charge is 2.21. The molecule has 0 bridgehead atoms. The molecule has 1 atom stereocenters. The first-order chi connectivity index (χ1) is 10.1. The third-order valence-electron chi connectivity index (χ3n) is 3.42. The Bertz CT molecular complexity index is 281. The van der Waals surface area contributed by atoms with Gasteiger partial charge in [-0.3, -0.25) is 4.79 Å². The highest BCUT2D eigenvalue weighted by molar-refractivity contribution is 5.66. The molecule has 0 amide bonds. The lowest BCUT2D eigenvalue weighted by atomic mass is 10.1. The van der Waals surface area contributed by atoms with E-state index in [1.807, 2.05) is 0 Å². The number of aliphatic carboxylic acids is 1. The van der Waals surface area contributed by atoms with Crippen molar-refractivity contribution < 1.29 is 29.2 Å².